The molecular weight excluding hydrogens is 470 g/mol. The Bertz CT molecular complexity index is 1680. The Balaban J connectivity index is 1.39. The lowest BCUT2D eigenvalue weighted by molar-refractivity contribution is 0.569. The van der Waals surface area contributed by atoms with Gasteiger partial charge in [0.05, 0.1) is 22.9 Å². The van der Waals surface area contributed by atoms with E-state index < -0.39 is 0 Å². The van der Waals surface area contributed by atoms with E-state index in [1.807, 2.05) is 6.07 Å². The van der Waals surface area contributed by atoms with Crippen LogP contribution in [0.4, 0.5) is 0 Å². The van der Waals surface area contributed by atoms with Gasteiger partial charge in [0.1, 0.15) is 23.2 Å². The maximum absolute atomic E-state index is 10.8. The topological polar surface area (TPSA) is 91.5 Å². The normalized spacial score (nSPS) is 12.2. The summed E-state index contributed by atoms with van der Waals surface area (Å²) >= 11 is 1.76. The van der Waals surface area contributed by atoms with Gasteiger partial charge >= 0.3 is 0 Å². The minimum Gasteiger partial charge on any atom is -0.338 e. The third kappa shape index (κ3) is 3.68. The number of carbonyl (C=O) groups is 2. The van der Waals surface area contributed by atoms with E-state index in [2.05, 4.69) is 68.5 Å². The van der Waals surface area contributed by atoms with Gasteiger partial charge in [0, 0.05) is 42.9 Å². The van der Waals surface area contributed by atoms with E-state index in [0.29, 0.717) is 11.1 Å². The highest BCUT2D eigenvalue weighted by atomic mass is 32.1. The largest absolute Gasteiger partial charge is 0.338 e. The molecule has 0 radical (unpaired) electrons. The van der Waals surface area contributed by atoms with E-state index in [4.69, 9.17) is 0 Å². The van der Waals surface area contributed by atoms with Crippen molar-refractivity contribution in [2.75, 3.05) is 0 Å². The molecule has 2 unspecified atom stereocenters. The molecule has 0 spiro atoms. The molecule has 2 atom stereocenters. The molecule has 0 saturated carbocycles. The van der Waals surface area contributed by atoms with Crippen molar-refractivity contribution >= 4 is 82.9 Å². The number of benzene rings is 3. The number of carbonyl (C=O) groups excluding carboxylic acids is 2. The molecule has 0 fully saturated rings. The molecular formula is C24H16N4O2P2S. The van der Waals surface area contributed by atoms with Gasteiger partial charge in [-0.25, -0.2) is 9.97 Å². The highest BCUT2D eigenvalue weighted by Crippen LogP contribution is 2.38. The maximum atomic E-state index is 10.8. The van der Waals surface area contributed by atoms with E-state index >= 15 is 0 Å². The lowest BCUT2D eigenvalue weighted by atomic mass is 10.0. The second kappa shape index (κ2) is 8.27. The number of H-pyrrole nitrogens is 2. The number of nitrogens with one attached hydrogen (secondary N) is 2. The number of rotatable bonds is 6. The smallest absolute Gasteiger partial charge is 0.146 e. The predicted molar refractivity (Wildman–Crippen MR) is 141 cm³/mol. The Morgan fingerprint density at radius 1 is 0.758 bits per heavy atom. The van der Waals surface area contributed by atoms with Crippen molar-refractivity contribution in [2.24, 2.45) is 0 Å². The fourth-order valence-corrected chi connectivity index (χ4v) is 6.18. The summed E-state index contributed by atoms with van der Waals surface area (Å²) in [5.41, 5.74) is 7.44. The molecule has 9 heteroatoms. The zero-order valence-corrected chi connectivity index (χ0v) is 19.9. The second-order valence-electron chi connectivity index (χ2n) is 7.51. The highest BCUT2D eigenvalue weighted by molar-refractivity contribution is 7.62. The minimum absolute atomic E-state index is 0.0373. The zero-order valence-electron chi connectivity index (χ0n) is 17.0. The lowest BCUT2D eigenvalue weighted by Gasteiger charge is -2.02. The number of aromatic nitrogens is 4. The number of nitrogens with zero attached hydrogens (tertiary/aromatic N) is 2. The molecule has 3 aromatic carbocycles. The Morgan fingerprint density at radius 3 is 2.21 bits per heavy atom. The van der Waals surface area contributed by atoms with Gasteiger partial charge in [-0.1, -0.05) is 30.3 Å². The van der Waals surface area contributed by atoms with Gasteiger partial charge in [-0.15, -0.1) is 11.3 Å². The molecule has 0 bridgehead atoms. The molecule has 33 heavy (non-hydrogen) atoms. The average Bonchev–Trinajstić information content (AvgIpc) is 3.54. The highest BCUT2D eigenvalue weighted by Gasteiger charge is 2.11. The molecule has 6 nitrogen and oxygen atoms in total. The molecule has 0 saturated heterocycles. The summed E-state index contributed by atoms with van der Waals surface area (Å²) in [5, 5.41) is 2.46. The molecule has 6 aromatic rings. The van der Waals surface area contributed by atoms with Gasteiger partial charge in [0.2, 0.25) is 0 Å². The molecule has 0 aliphatic rings. The lowest BCUT2D eigenvalue weighted by Crippen LogP contribution is -1.97. The quantitative estimate of drug-likeness (QED) is 0.257. The van der Waals surface area contributed by atoms with Crippen LogP contribution < -0.4 is 11.1 Å². The van der Waals surface area contributed by atoms with Crippen LogP contribution in [0.2, 0.25) is 0 Å². The van der Waals surface area contributed by atoms with Gasteiger partial charge in [-0.05, 0) is 35.4 Å². The predicted octanol–water partition coefficient (Wildman–Crippen LogP) is 4.98. The summed E-state index contributed by atoms with van der Waals surface area (Å²) in [4.78, 5) is 36.8. The number of aromatic amines is 2. The molecule has 3 heterocycles. The Morgan fingerprint density at radius 2 is 1.42 bits per heavy atom. The summed E-state index contributed by atoms with van der Waals surface area (Å²) in [6, 6.07) is 20.9. The van der Waals surface area contributed by atoms with Crippen LogP contribution in [0, 0.1) is 0 Å². The van der Waals surface area contributed by atoms with E-state index in [-0.39, 0.29) is 17.2 Å². The number of imidazole rings is 2. The number of hydrogen-bond acceptors (Lipinski definition) is 5. The van der Waals surface area contributed by atoms with Crippen LogP contribution in [0.25, 0.3) is 53.6 Å². The van der Waals surface area contributed by atoms with Crippen molar-refractivity contribution < 1.29 is 9.59 Å². The average molecular weight is 486 g/mol. The summed E-state index contributed by atoms with van der Waals surface area (Å²) in [6.45, 7) is 0. The van der Waals surface area contributed by atoms with Crippen LogP contribution in [-0.4, -0.2) is 32.0 Å². The Kier molecular flexibility index (Phi) is 5.11. The van der Waals surface area contributed by atoms with E-state index in [9.17, 15) is 9.59 Å². The summed E-state index contributed by atoms with van der Waals surface area (Å²) < 4.78 is 2.43. The molecule has 0 amide bonds. The standard InChI is InChI=1S/C24H16N4O2P2S/c29-11-31-23-25-10-20(28-23)15-2-5-17-16-4-1-14(8-21(16)33-22(17)9-15)13-3-6-18-19(7-13)27-24(26-18)32-12-30/h1-12,31-32H,(H,25,28)(H,26,27). The monoisotopic (exact) mass is 486 g/mol. The van der Waals surface area contributed by atoms with Crippen LogP contribution in [-0.2, 0) is 9.59 Å². The van der Waals surface area contributed by atoms with Gasteiger partial charge < -0.3 is 9.97 Å². The minimum atomic E-state index is 0.0373. The fraction of sp³-hybridized carbons (Fsp3) is 0. The first-order valence-corrected chi connectivity index (χ1v) is 13.1. The molecule has 0 aliphatic heterocycles. The Labute approximate surface area is 195 Å². The van der Waals surface area contributed by atoms with Gasteiger partial charge in [0.15, 0.2) is 0 Å². The summed E-state index contributed by atoms with van der Waals surface area (Å²) in [5.74, 6) is 0. The molecule has 3 aromatic heterocycles. The van der Waals surface area contributed by atoms with Crippen LogP contribution in [0.1, 0.15) is 0 Å². The molecule has 6 rings (SSSR count). The number of thiophene rings is 1. The van der Waals surface area contributed by atoms with E-state index in [1.54, 1.807) is 17.5 Å². The van der Waals surface area contributed by atoms with Crippen molar-refractivity contribution in [2.45, 2.75) is 0 Å². The van der Waals surface area contributed by atoms with Crippen LogP contribution >= 0.6 is 28.5 Å². The van der Waals surface area contributed by atoms with Gasteiger partial charge in [-0.3, -0.25) is 9.59 Å². The van der Waals surface area contributed by atoms with Crippen LogP contribution in [0.5, 0.6) is 0 Å². The first-order chi connectivity index (χ1) is 16.2. The molecule has 160 valence electrons. The first kappa shape index (κ1) is 20.4. The third-order valence-electron chi connectivity index (χ3n) is 5.57. The van der Waals surface area contributed by atoms with Crippen LogP contribution in [0.3, 0.4) is 0 Å². The number of hydrogen-bond donors (Lipinski definition) is 2. The van der Waals surface area contributed by atoms with Crippen molar-refractivity contribution in [1.29, 1.82) is 0 Å². The molecule has 2 N–H and O–H groups in total. The summed E-state index contributed by atoms with van der Waals surface area (Å²) in [7, 11) is 0.0769. The van der Waals surface area contributed by atoms with Crippen molar-refractivity contribution in [1.82, 2.24) is 19.9 Å². The Hall–Kier alpha value is -3.24. The van der Waals surface area contributed by atoms with Crippen molar-refractivity contribution in [3.63, 3.8) is 0 Å². The number of fused-ring (bicyclic) bond motifs is 4. The summed E-state index contributed by atoms with van der Waals surface area (Å²) in [6.07, 6.45) is 1.78. The van der Waals surface area contributed by atoms with Crippen molar-refractivity contribution in [3.8, 4) is 22.4 Å². The molecule has 0 aliphatic carbocycles. The third-order valence-corrected chi connectivity index (χ3v) is 7.96. The van der Waals surface area contributed by atoms with Gasteiger partial charge in [-0.2, -0.15) is 0 Å². The fourth-order valence-electron chi connectivity index (χ4n) is 4.03. The van der Waals surface area contributed by atoms with Crippen molar-refractivity contribution in [3.05, 3.63) is 60.8 Å². The SMILES string of the molecule is O=CPc1ncc(-c2ccc3c(c2)sc2cc(-c4ccc5nc(PC=O)[nH]c5c4)ccc23)[nH]1. The zero-order chi connectivity index (χ0) is 22.4. The maximum Gasteiger partial charge on any atom is 0.146 e. The van der Waals surface area contributed by atoms with E-state index in [1.165, 1.54) is 20.2 Å². The van der Waals surface area contributed by atoms with Gasteiger partial charge in [0.25, 0.3) is 0 Å². The first-order valence-electron chi connectivity index (χ1n) is 10.1. The van der Waals surface area contributed by atoms with Crippen LogP contribution in [0.15, 0.2) is 60.8 Å². The van der Waals surface area contributed by atoms with E-state index in [0.717, 1.165) is 45.5 Å². The second-order valence-corrected chi connectivity index (χ2v) is 10.6.